The lowest BCUT2D eigenvalue weighted by molar-refractivity contribution is -0.153. The number of nitrogens with one attached hydrogen (secondary N) is 5. The Kier molecular flexibility index (Phi) is 8.48. The maximum atomic E-state index is 13.1. The van der Waals surface area contributed by atoms with Crippen molar-refractivity contribution in [1.82, 2.24) is 15.6 Å². The maximum Gasteiger partial charge on any atom is 0.449 e. The van der Waals surface area contributed by atoms with Crippen molar-refractivity contribution in [2.75, 3.05) is 5.32 Å². The minimum Gasteiger partial charge on any atom is -0.458 e. The topological polar surface area (TPSA) is 157 Å². The van der Waals surface area contributed by atoms with Crippen LogP contribution in [0.5, 0.6) is 0 Å². The Hall–Kier alpha value is -4.42. The number of furan rings is 1. The highest BCUT2D eigenvalue weighted by molar-refractivity contribution is 6.26. The molecule has 2 heterocycles. The van der Waals surface area contributed by atoms with E-state index in [-0.39, 0.29) is 24.9 Å². The molecule has 0 aliphatic rings. The Morgan fingerprint density at radius 2 is 1.84 bits per heavy atom. The van der Waals surface area contributed by atoms with Crippen LogP contribution >= 0.6 is 0 Å². The lowest BCUT2D eigenvalue weighted by Gasteiger charge is -2.22. The van der Waals surface area contributed by atoms with Gasteiger partial charge in [-0.1, -0.05) is 18.2 Å². The third-order valence-electron chi connectivity index (χ3n) is 5.41. The van der Waals surface area contributed by atoms with E-state index in [1.807, 2.05) is 24.3 Å². The summed E-state index contributed by atoms with van der Waals surface area (Å²) in [6, 6.07) is 5.44. The number of fused-ring (bicyclic) bond motifs is 1. The normalized spacial score (nSPS) is 13.0. The first-order valence-corrected chi connectivity index (χ1v) is 11.1. The number of rotatable bonds is 11. The number of H-pyrrole nitrogens is 1. The number of aromatic nitrogens is 1. The molecule has 0 unspecified atom stereocenters. The molecule has 0 saturated carbocycles. The summed E-state index contributed by atoms with van der Waals surface area (Å²) in [5.41, 5.74) is 1.25. The monoisotopic (exact) mass is 519 g/mol. The van der Waals surface area contributed by atoms with E-state index in [1.165, 1.54) is 6.92 Å². The molecule has 13 heteroatoms. The fourth-order valence-corrected chi connectivity index (χ4v) is 3.65. The second-order valence-corrected chi connectivity index (χ2v) is 8.21. The van der Waals surface area contributed by atoms with Gasteiger partial charge in [0.05, 0.1) is 11.9 Å². The number of halogens is 3. The fraction of sp³-hybridized carbons (Fsp3) is 0.292. The highest BCUT2D eigenvalue weighted by Gasteiger charge is 2.35. The Morgan fingerprint density at radius 3 is 2.49 bits per heavy atom. The molecule has 196 valence electrons. The first-order chi connectivity index (χ1) is 17.5. The highest BCUT2D eigenvalue weighted by Crippen LogP contribution is 2.32. The number of amides is 3. The van der Waals surface area contributed by atoms with Crippen molar-refractivity contribution >= 4 is 46.3 Å². The van der Waals surface area contributed by atoms with E-state index >= 15 is 0 Å². The summed E-state index contributed by atoms with van der Waals surface area (Å²) in [6.07, 6.45) is -2.28. The van der Waals surface area contributed by atoms with Crippen molar-refractivity contribution < 1.29 is 36.8 Å². The number of benzene rings is 1. The molecule has 2 atom stereocenters. The molecule has 0 fully saturated rings. The van der Waals surface area contributed by atoms with Crippen molar-refractivity contribution in [3.8, 4) is 0 Å². The van der Waals surface area contributed by atoms with Gasteiger partial charge >= 0.3 is 6.18 Å². The average Bonchev–Trinajstić information content (AvgIpc) is 3.48. The minimum atomic E-state index is -4.76. The zero-order valence-electron chi connectivity index (χ0n) is 19.6. The van der Waals surface area contributed by atoms with Crippen molar-refractivity contribution in [3.63, 3.8) is 0 Å². The SMILES string of the molecule is CC(=O)N[C@@H](Cc1c[nH]c2ccccc12)C(=O)N[C@@H](CCC(=O)C=N)C(=O)Nc1coc(C(F)(F)F)c1. The summed E-state index contributed by atoms with van der Waals surface area (Å²) in [5.74, 6) is -4.10. The Morgan fingerprint density at radius 1 is 1.11 bits per heavy atom. The van der Waals surface area contributed by atoms with Crippen LogP contribution in [0.15, 0.2) is 47.2 Å². The number of para-hydroxylation sites is 1. The molecular formula is C24H24F3N5O5. The second kappa shape index (κ2) is 11.5. The van der Waals surface area contributed by atoms with Crippen LogP contribution < -0.4 is 16.0 Å². The van der Waals surface area contributed by atoms with Crippen molar-refractivity contribution in [2.24, 2.45) is 0 Å². The van der Waals surface area contributed by atoms with Gasteiger partial charge in [0.1, 0.15) is 18.3 Å². The molecule has 10 nitrogen and oxygen atoms in total. The summed E-state index contributed by atoms with van der Waals surface area (Å²) in [5, 5.41) is 15.1. The molecule has 0 spiro atoms. The maximum absolute atomic E-state index is 13.1. The molecule has 3 rings (SSSR count). The van der Waals surface area contributed by atoms with Gasteiger partial charge in [0.25, 0.3) is 0 Å². The summed E-state index contributed by atoms with van der Waals surface area (Å²) >= 11 is 0. The number of anilines is 1. The van der Waals surface area contributed by atoms with E-state index < -0.39 is 47.5 Å². The standard InChI is InChI=1S/C24H24F3N5O5/c1-13(33)30-20(8-14-11-29-18-5-3-2-4-17(14)18)23(36)32-19(7-6-16(34)10-28)22(35)31-15-9-21(37-12-15)24(25,26)27/h2-5,9-12,19-20,28-29H,6-8H2,1H3,(H,30,33)(H,31,35)(H,32,36)/t19-,20-/m0/s1. The summed E-state index contributed by atoms with van der Waals surface area (Å²) < 4.78 is 42.8. The van der Waals surface area contributed by atoms with Gasteiger partial charge in [-0.3, -0.25) is 19.2 Å². The van der Waals surface area contributed by atoms with E-state index in [9.17, 15) is 32.3 Å². The van der Waals surface area contributed by atoms with Gasteiger partial charge < -0.3 is 30.8 Å². The van der Waals surface area contributed by atoms with Crippen LogP contribution in [0, 0.1) is 5.41 Å². The van der Waals surface area contributed by atoms with Crippen LogP contribution in [0.25, 0.3) is 10.9 Å². The third kappa shape index (κ3) is 7.29. The quantitative estimate of drug-likeness (QED) is 0.246. The largest absolute Gasteiger partial charge is 0.458 e. The lowest BCUT2D eigenvalue weighted by Crippen LogP contribution is -2.53. The van der Waals surface area contributed by atoms with Crippen LogP contribution in [0.1, 0.15) is 31.1 Å². The van der Waals surface area contributed by atoms with Gasteiger partial charge in [-0.05, 0) is 18.1 Å². The van der Waals surface area contributed by atoms with E-state index in [0.717, 1.165) is 16.5 Å². The Labute approximate surface area is 208 Å². The number of aromatic amines is 1. The number of carbonyl (C=O) groups is 4. The van der Waals surface area contributed by atoms with Gasteiger partial charge in [0.15, 0.2) is 5.78 Å². The average molecular weight is 519 g/mol. The van der Waals surface area contributed by atoms with E-state index in [0.29, 0.717) is 18.5 Å². The molecule has 0 aliphatic heterocycles. The van der Waals surface area contributed by atoms with Crippen molar-refractivity contribution in [2.45, 2.75) is 44.4 Å². The van der Waals surface area contributed by atoms with Crippen LogP contribution in [-0.4, -0.2) is 46.8 Å². The lowest BCUT2D eigenvalue weighted by atomic mass is 10.0. The summed E-state index contributed by atoms with van der Waals surface area (Å²) in [4.78, 5) is 52.5. The van der Waals surface area contributed by atoms with Crippen LogP contribution in [0.4, 0.5) is 18.9 Å². The summed E-state index contributed by atoms with van der Waals surface area (Å²) in [6.45, 7) is 1.22. The van der Waals surface area contributed by atoms with Crippen molar-refractivity contribution in [3.05, 3.63) is 54.1 Å². The fourth-order valence-electron chi connectivity index (χ4n) is 3.65. The van der Waals surface area contributed by atoms with Gasteiger partial charge in [0.2, 0.25) is 23.5 Å². The molecule has 5 N–H and O–H groups in total. The Bertz CT molecular complexity index is 1310. The van der Waals surface area contributed by atoms with Gasteiger partial charge in [0, 0.05) is 42.9 Å². The number of alkyl halides is 3. The number of carbonyl (C=O) groups excluding carboxylic acids is 4. The molecule has 1 aromatic carbocycles. The van der Waals surface area contributed by atoms with E-state index in [1.54, 1.807) is 6.20 Å². The summed E-state index contributed by atoms with van der Waals surface area (Å²) in [7, 11) is 0. The molecule has 37 heavy (non-hydrogen) atoms. The number of Topliss-reactive ketones (excluding diaryl/α,β-unsaturated/α-hetero) is 1. The molecule has 0 bridgehead atoms. The van der Waals surface area contributed by atoms with Crippen LogP contribution in [0.3, 0.4) is 0 Å². The minimum absolute atomic E-state index is 0.0693. The van der Waals surface area contributed by atoms with Gasteiger partial charge in [-0.15, -0.1) is 0 Å². The molecule has 3 aromatic rings. The van der Waals surface area contributed by atoms with Crippen molar-refractivity contribution in [1.29, 1.82) is 5.41 Å². The molecular weight excluding hydrogens is 495 g/mol. The predicted molar refractivity (Wildman–Crippen MR) is 127 cm³/mol. The number of hydrogen-bond acceptors (Lipinski definition) is 6. The molecule has 0 radical (unpaired) electrons. The predicted octanol–water partition coefficient (Wildman–Crippen LogP) is 2.95. The Balaban J connectivity index is 1.79. The zero-order valence-corrected chi connectivity index (χ0v) is 19.6. The van der Waals surface area contributed by atoms with Gasteiger partial charge in [-0.25, -0.2) is 0 Å². The van der Waals surface area contributed by atoms with Gasteiger partial charge in [-0.2, -0.15) is 13.2 Å². The van der Waals surface area contributed by atoms with Crippen LogP contribution in [-0.2, 0) is 31.8 Å². The molecule has 0 saturated heterocycles. The third-order valence-corrected chi connectivity index (χ3v) is 5.41. The second-order valence-electron chi connectivity index (χ2n) is 8.21. The first kappa shape index (κ1) is 27.2. The molecule has 0 aliphatic carbocycles. The smallest absolute Gasteiger partial charge is 0.449 e. The van der Waals surface area contributed by atoms with E-state index in [4.69, 9.17) is 5.41 Å². The highest BCUT2D eigenvalue weighted by atomic mass is 19.4. The zero-order chi connectivity index (χ0) is 27.2. The molecule has 2 aromatic heterocycles. The number of hydrogen-bond donors (Lipinski definition) is 5. The van der Waals surface area contributed by atoms with E-state index in [2.05, 4.69) is 25.4 Å². The van der Waals surface area contributed by atoms with Crippen LogP contribution in [0.2, 0.25) is 0 Å². The molecule has 3 amide bonds. The number of ketones is 1. The first-order valence-electron chi connectivity index (χ1n) is 11.1.